The zero-order valence-corrected chi connectivity index (χ0v) is 18.9. The van der Waals surface area contributed by atoms with E-state index in [9.17, 15) is 20.0 Å². The highest BCUT2D eigenvalue weighted by atomic mass is 16.8. The van der Waals surface area contributed by atoms with Gasteiger partial charge in [-0.25, -0.2) is 4.79 Å². The topological polar surface area (TPSA) is 127 Å². The van der Waals surface area contributed by atoms with E-state index < -0.39 is 47.9 Å². The first-order chi connectivity index (χ1) is 17.5. The van der Waals surface area contributed by atoms with Crippen molar-refractivity contribution in [1.82, 2.24) is 0 Å². The Hall–Kier alpha value is -3.83. The number of carbonyl (C=O) groups excluding carboxylic acids is 1. The van der Waals surface area contributed by atoms with Gasteiger partial charge in [-0.2, -0.15) is 0 Å². The van der Waals surface area contributed by atoms with E-state index in [1.54, 1.807) is 30.3 Å². The molecule has 6 atom stereocenters. The Balaban J connectivity index is 1.38. The Morgan fingerprint density at radius 2 is 1.61 bits per heavy atom. The number of fused-ring (bicyclic) bond motifs is 1. The molecule has 0 amide bonds. The van der Waals surface area contributed by atoms with Crippen LogP contribution in [0.25, 0.3) is 0 Å². The number of esters is 1. The van der Waals surface area contributed by atoms with Crippen LogP contribution in [0.15, 0.2) is 84.9 Å². The molecule has 3 aromatic carbocycles. The molecule has 0 saturated carbocycles. The van der Waals surface area contributed by atoms with Crippen molar-refractivity contribution in [2.24, 2.45) is 0 Å². The smallest absolute Gasteiger partial charge is 0.338 e. The van der Waals surface area contributed by atoms with Gasteiger partial charge >= 0.3 is 5.97 Å². The first-order valence-corrected chi connectivity index (χ1v) is 11.3. The van der Waals surface area contributed by atoms with Crippen molar-refractivity contribution in [3.8, 4) is 5.75 Å². The number of hydrogen-bond acceptors (Lipinski definition) is 9. The van der Waals surface area contributed by atoms with Crippen LogP contribution in [0.3, 0.4) is 0 Å². The number of carbonyl (C=O) groups is 1. The van der Waals surface area contributed by atoms with Crippen molar-refractivity contribution in [1.29, 1.82) is 0 Å². The van der Waals surface area contributed by atoms with E-state index >= 15 is 0 Å². The Morgan fingerprint density at radius 3 is 2.28 bits per heavy atom. The number of aliphatic hydroxyl groups excluding tert-OH is 1. The van der Waals surface area contributed by atoms with Gasteiger partial charge in [-0.3, -0.25) is 10.1 Å². The van der Waals surface area contributed by atoms with Gasteiger partial charge in [0.2, 0.25) is 6.29 Å². The maximum Gasteiger partial charge on any atom is 0.338 e. The van der Waals surface area contributed by atoms with E-state index in [-0.39, 0.29) is 23.6 Å². The quantitative estimate of drug-likeness (QED) is 0.312. The number of ether oxygens (including phenoxy) is 5. The molecule has 1 N–H and O–H groups in total. The predicted molar refractivity (Wildman–Crippen MR) is 124 cm³/mol. The average molecular weight is 493 g/mol. The summed E-state index contributed by atoms with van der Waals surface area (Å²) in [5.41, 5.74) is 0.946. The highest BCUT2D eigenvalue weighted by Gasteiger charge is 2.52. The van der Waals surface area contributed by atoms with Gasteiger partial charge in [0.05, 0.1) is 17.1 Å². The van der Waals surface area contributed by atoms with E-state index in [4.69, 9.17) is 23.7 Å². The van der Waals surface area contributed by atoms with Crippen LogP contribution >= 0.6 is 0 Å². The largest absolute Gasteiger partial charge is 0.461 e. The lowest BCUT2D eigenvalue weighted by molar-refractivity contribution is -0.384. The Bertz CT molecular complexity index is 1190. The molecule has 0 aromatic heterocycles. The molecule has 2 saturated heterocycles. The van der Waals surface area contributed by atoms with Crippen LogP contribution in [0, 0.1) is 10.1 Å². The number of benzene rings is 3. The van der Waals surface area contributed by atoms with Crippen LogP contribution in [0.5, 0.6) is 5.75 Å². The highest BCUT2D eigenvalue weighted by Crippen LogP contribution is 2.36. The molecule has 10 nitrogen and oxygen atoms in total. The zero-order chi connectivity index (χ0) is 25.1. The fourth-order valence-corrected chi connectivity index (χ4v) is 4.11. The summed E-state index contributed by atoms with van der Waals surface area (Å²) in [7, 11) is 0. The summed E-state index contributed by atoms with van der Waals surface area (Å²) in [6, 6.07) is 22.9. The molecule has 186 valence electrons. The van der Waals surface area contributed by atoms with Gasteiger partial charge in [0.1, 0.15) is 24.1 Å². The maximum absolute atomic E-state index is 12.8. The SMILES string of the molecule is O=C(OC1C(Oc2ccc([N+](=O)[O-])cc2)OC2COC(c3ccccc3)OC2C1O)c1ccccc1. The van der Waals surface area contributed by atoms with Crippen molar-refractivity contribution in [3.63, 3.8) is 0 Å². The molecule has 10 heteroatoms. The summed E-state index contributed by atoms with van der Waals surface area (Å²) >= 11 is 0. The van der Waals surface area contributed by atoms with Gasteiger partial charge in [-0.05, 0) is 24.3 Å². The standard InChI is InChI=1S/C26H23NO9/c28-21-22-20(15-32-25(36-22)17-9-5-2-6-10-17)34-26(33-19-13-11-18(12-14-19)27(30)31)23(21)35-24(29)16-7-3-1-4-8-16/h1-14,20-23,25-26,28H,15H2. The van der Waals surface area contributed by atoms with Crippen LogP contribution in [-0.2, 0) is 18.9 Å². The summed E-state index contributed by atoms with van der Waals surface area (Å²) in [6.07, 6.45) is -6.11. The first kappa shape index (κ1) is 23.9. The van der Waals surface area contributed by atoms with E-state index in [0.29, 0.717) is 0 Å². The normalized spacial score (nSPS) is 27.5. The lowest BCUT2D eigenvalue weighted by atomic mass is 9.97. The van der Waals surface area contributed by atoms with E-state index in [0.717, 1.165) is 5.56 Å². The summed E-state index contributed by atoms with van der Waals surface area (Å²) < 4.78 is 29.4. The fraction of sp³-hybridized carbons (Fsp3) is 0.269. The first-order valence-electron chi connectivity index (χ1n) is 11.3. The molecule has 0 spiro atoms. The number of non-ortho nitro benzene ring substituents is 1. The van der Waals surface area contributed by atoms with Crippen molar-refractivity contribution in [2.45, 2.75) is 37.0 Å². The van der Waals surface area contributed by atoms with Gasteiger partial charge in [0.25, 0.3) is 5.69 Å². The van der Waals surface area contributed by atoms with Crippen LogP contribution in [-0.4, -0.2) is 53.3 Å². The van der Waals surface area contributed by atoms with Crippen molar-refractivity contribution < 1.29 is 38.5 Å². The van der Waals surface area contributed by atoms with Gasteiger partial charge in [-0.1, -0.05) is 48.5 Å². The Morgan fingerprint density at radius 1 is 0.944 bits per heavy atom. The second kappa shape index (κ2) is 10.4. The number of rotatable bonds is 6. The number of nitrogens with zero attached hydrogens (tertiary/aromatic N) is 1. The highest BCUT2D eigenvalue weighted by molar-refractivity contribution is 5.89. The van der Waals surface area contributed by atoms with Crippen LogP contribution in [0.1, 0.15) is 22.2 Å². The maximum atomic E-state index is 12.8. The average Bonchev–Trinajstić information content (AvgIpc) is 2.92. The van der Waals surface area contributed by atoms with Gasteiger partial charge in [-0.15, -0.1) is 0 Å². The minimum Gasteiger partial charge on any atom is -0.461 e. The molecule has 2 aliphatic heterocycles. The van der Waals surface area contributed by atoms with Crippen LogP contribution in [0.4, 0.5) is 5.69 Å². The molecule has 2 fully saturated rings. The molecule has 36 heavy (non-hydrogen) atoms. The van der Waals surface area contributed by atoms with Crippen molar-refractivity contribution in [3.05, 3.63) is 106 Å². The lowest BCUT2D eigenvalue weighted by Crippen LogP contribution is -2.64. The number of nitro groups is 1. The van der Waals surface area contributed by atoms with Crippen LogP contribution in [0.2, 0.25) is 0 Å². The molecule has 0 aliphatic carbocycles. The van der Waals surface area contributed by atoms with Crippen molar-refractivity contribution >= 4 is 11.7 Å². The monoisotopic (exact) mass is 493 g/mol. The molecule has 0 bridgehead atoms. The summed E-state index contributed by atoms with van der Waals surface area (Å²) in [4.78, 5) is 23.3. The number of nitro benzene ring substituents is 1. The lowest BCUT2D eigenvalue weighted by Gasteiger charge is -2.47. The van der Waals surface area contributed by atoms with E-state index in [2.05, 4.69) is 0 Å². The second-order valence-electron chi connectivity index (χ2n) is 8.31. The summed E-state index contributed by atoms with van der Waals surface area (Å²) in [5, 5.41) is 22.2. The van der Waals surface area contributed by atoms with Gasteiger partial charge in [0.15, 0.2) is 12.4 Å². The molecule has 0 radical (unpaired) electrons. The Kier molecular flexibility index (Phi) is 6.92. The molecule has 3 aromatic rings. The molecule has 6 unspecified atom stereocenters. The molecular weight excluding hydrogens is 470 g/mol. The third-order valence-corrected chi connectivity index (χ3v) is 5.93. The molecule has 2 aliphatic rings. The molecule has 5 rings (SSSR count). The van der Waals surface area contributed by atoms with Gasteiger partial charge < -0.3 is 28.8 Å². The molecular formula is C26H23NO9. The number of hydrogen-bond donors (Lipinski definition) is 1. The third kappa shape index (κ3) is 5.07. The minimum absolute atomic E-state index is 0.0980. The Labute approximate surface area is 206 Å². The van der Waals surface area contributed by atoms with Crippen molar-refractivity contribution in [2.75, 3.05) is 6.61 Å². The molecule has 2 heterocycles. The summed E-state index contributed by atoms with van der Waals surface area (Å²) in [6.45, 7) is 0.0980. The minimum atomic E-state index is -1.31. The van der Waals surface area contributed by atoms with Crippen LogP contribution < -0.4 is 4.74 Å². The van der Waals surface area contributed by atoms with E-state index in [1.165, 1.54) is 24.3 Å². The zero-order valence-electron chi connectivity index (χ0n) is 18.9. The summed E-state index contributed by atoms with van der Waals surface area (Å²) in [5.74, 6) is -0.442. The van der Waals surface area contributed by atoms with E-state index in [1.807, 2.05) is 30.3 Å². The third-order valence-electron chi connectivity index (χ3n) is 5.93. The second-order valence-corrected chi connectivity index (χ2v) is 8.31. The van der Waals surface area contributed by atoms with Gasteiger partial charge in [0, 0.05) is 17.7 Å². The predicted octanol–water partition coefficient (Wildman–Crippen LogP) is 3.40. The number of aliphatic hydroxyl groups is 1. The fourth-order valence-electron chi connectivity index (χ4n) is 4.11.